The van der Waals surface area contributed by atoms with E-state index in [4.69, 9.17) is 46.4 Å². The number of carbonyl (C=O) groups excluding carboxylic acids is 2. The van der Waals surface area contributed by atoms with Gasteiger partial charge in [-0.15, -0.1) is 0 Å². The van der Waals surface area contributed by atoms with Crippen LogP contribution in [0.15, 0.2) is 36.4 Å². The third-order valence-electron chi connectivity index (χ3n) is 3.76. The van der Waals surface area contributed by atoms with Crippen LogP contribution in [0.25, 0.3) is 0 Å². The maximum Gasteiger partial charge on any atom is 0.220 e. The average molecular weight is 448 g/mol. The molecule has 0 fully saturated rings. The number of nitrogens with one attached hydrogen (secondary N) is 2. The van der Waals surface area contributed by atoms with E-state index in [1.54, 1.807) is 36.4 Å². The van der Waals surface area contributed by atoms with Gasteiger partial charge < -0.3 is 10.6 Å². The number of halogens is 4. The van der Waals surface area contributed by atoms with Gasteiger partial charge in [-0.05, 0) is 41.8 Å². The number of carbonyl (C=O) groups is 2. The van der Waals surface area contributed by atoms with Crippen molar-refractivity contribution in [3.8, 4) is 0 Å². The fraction of sp³-hybridized carbons (Fsp3) is 0.263. The number of rotatable bonds is 8. The van der Waals surface area contributed by atoms with Gasteiger partial charge in [-0.3, -0.25) is 9.59 Å². The molecular weight excluding hydrogens is 430 g/mol. The summed E-state index contributed by atoms with van der Waals surface area (Å²) in [5, 5.41) is 7.41. The molecular formula is C19H18Cl4N2O2. The summed E-state index contributed by atoms with van der Waals surface area (Å²) in [4.78, 5) is 23.7. The number of amides is 2. The van der Waals surface area contributed by atoms with Crippen LogP contribution in [-0.2, 0) is 22.7 Å². The van der Waals surface area contributed by atoms with Crippen LogP contribution < -0.4 is 10.6 Å². The van der Waals surface area contributed by atoms with Gasteiger partial charge in [0.2, 0.25) is 11.8 Å². The summed E-state index contributed by atoms with van der Waals surface area (Å²) in [6.45, 7) is 0.721. The Morgan fingerprint density at radius 1 is 0.667 bits per heavy atom. The van der Waals surface area contributed by atoms with E-state index in [1.165, 1.54) is 0 Å². The molecule has 0 saturated carbocycles. The van der Waals surface area contributed by atoms with Crippen molar-refractivity contribution in [1.29, 1.82) is 0 Å². The highest BCUT2D eigenvalue weighted by Crippen LogP contribution is 2.23. The monoisotopic (exact) mass is 446 g/mol. The quantitative estimate of drug-likeness (QED) is 0.568. The van der Waals surface area contributed by atoms with Crippen molar-refractivity contribution < 1.29 is 9.59 Å². The van der Waals surface area contributed by atoms with E-state index in [9.17, 15) is 9.59 Å². The van der Waals surface area contributed by atoms with Gasteiger partial charge in [0, 0.05) is 25.9 Å². The van der Waals surface area contributed by atoms with Crippen LogP contribution in [0.2, 0.25) is 20.1 Å². The molecule has 4 nitrogen and oxygen atoms in total. The molecule has 0 aliphatic carbocycles. The number of hydrogen-bond donors (Lipinski definition) is 2. The molecule has 27 heavy (non-hydrogen) atoms. The Kier molecular flexibility index (Phi) is 8.71. The largest absolute Gasteiger partial charge is 0.352 e. The maximum atomic E-state index is 11.9. The molecule has 2 amide bonds. The van der Waals surface area contributed by atoms with Gasteiger partial charge in [-0.25, -0.2) is 0 Å². The van der Waals surface area contributed by atoms with Gasteiger partial charge in [0.25, 0.3) is 0 Å². The fourth-order valence-electron chi connectivity index (χ4n) is 2.29. The molecule has 0 aromatic heterocycles. The highest BCUT2D eigenvalue weighted by molar-refractivity contribution is 6.42. The Morgan fingerprint density at radius 3 is 1.44 bits per heavy atom. The van der Waals surface area contributed by atoms with E-state index in [0.717, 1.165) is 11.1 Å². The molecule has 0 aliphatic rings. The zero-order valence-electron chi connectivity index (χ0n) is 14.3. The van der Waals surface area contributed by atoms with Gasteiger partial charge >= 0.3 is 0 Å². The van der Waals surface area contributed by atoms with Crippen molar-refractivity contribution in [2.75, 3.05) is 0 Å². The SMILES string of the molecule is O=C(CCCC(=O)NCc1ccc(Cl)c(Cl)c1)NCc1ccc(Cl)c(Cl)c1. The van der Waals surface area contributed by atoms with E-state index in [0.29, 0.717) is 39.6 Å². The van der Waals surface area contributed by atoms with Gasteiger partial charge in [-0.1, -0.05) is 58.5 Å². The lowest BCUT2D eigenvalue weighted by Gasteiger charge is -2.08. The molecule has 8 heteroatoms. The summed E-state index contributed by atoms with van der Waals surface area (Å²) in [7, 11) is 0. The zero-order chi connectivity index (χ0) is 19.8. The predicted octanol–water partition coefficient (Wildman–Crippen LogP) is 5.40. The Labute approximate surface area is 178 Å². The average Bonchev–Trinajstić information content (AvgIpc) is 2.63. The van der Waals surface area contributed by atoms with Crippen molar-refractivity contribution in [3.05, 3.63) is 67.6 Å². The summed E-state index contributed by atoms with van der Waals surface area (Å²) >= 11 is 23.6. The second-order valence-electron chi connectivity index (χ2n) is 5.90. The smallest absolute Gasteiger partial charge is 0.220 e. The highest BCUT2D eigenvalue weighted by atomic mass is 35.5. The van der Waals surface area contributed by atoms with Crippen LogP contribution >= 0.6 is 46.4 Å². The van der Waals surface area contributed by atoms with Crippen molar-refractivity contribution in [2.45, 2.75) is 32.4 Å². The second-order valence-corrected chi connectivity index (χ2v) is 7.53. The van der Waals surface area contributed by atoms with Gasteiger partial charge in [0.05, 0.1) is 20.1 Å². The molecule has 2 N–H and O–H groups in total. The molecule has 2 aromatic carbocycles. The van der Waals surface area contributed by atoms with Gasteiger partial charge in [0.15, 0.2) is 0 Å². The standard InChI is InChI=1S/C19H18Cl4N2O2/c20-14-6-4-12(8-16(14)22)10-24-18(26)2-1-3-19(27)25-11-13-5-7-15(21)17(23)9-13/h4-9H,1-3,10-11H2,(H,24,26)(H,25,27). The Hall–Kier alpha value is -1.46. The second kappa shape index (κ2) is 10.8. The Morgan fingerprint density at radius 2 is 1.07 bits per heavy atom. The first-order chi connectivity index (χ1) is 12.8. The van der Waals surface area contributed by atoms with Crippen LogP contribution in [0.5, 0.6) is 0 Å². The van der Waals surface area contributed by atoms with Crippen LogP contribution in [0.4, 0.5) is 0 Å². The summed E-state index contributed by atoms with van der Waals surface area (Å²) in [6, 6.07) is 10.4. The molecule has 0 unspecified atom stereocenters. The molecule has 144 valence electrons. The third kappa shape index (κ3) is 7.59. The lowest BCUT2D eigenvalue weighted by atomic mass is 10.2. The topological polar surface area (TPSA) is 58.2 Å². The third-order valence-corrected chi connectivity index (χ3v) is 5.23. The summed E-state index contributed by atoms with van der Waals surface area (Å²) in [5.74, 6) is -0.253. The molecule has 0 aliphatic heterocycles. The van der Waals surface area contributed by atoms with E-state index in [-0.39, 0.29) is 24.7 Å². The highest BCUT2D eigenvalue weighted by Gasteiger charge is 2.07. The zero-order valence-corrected chi connectivity index (χ0v) is 17.4. The lowest BCUT2D eigenvalue weighted by Crippen LogP contribution is -2.25. The Balaban J connectivity index is 1.64. The molecule has 2 aromatic rings. The van der Waals surface area contributed by atoms with E-state index < -0.39 is 0 Å². The van der Waals surface area contributed by atoms with Crippen LogP contribution in [0.1, 0.15) is 30.4 Å². The molecule has 2 rings (SSSR count). The van der Waals surface area contributed by atoms with Crippen LogP contribution in [0.3, 0.4) is 0 Å². The van der Waals surface area contributed by atoms with Crippen molar-refractivity contribution in [1.82, 2.24) is 10.6 Å². The van der Waals surface area contributed by atoms with Crippen molar-refractivity contribution in [2.24, 2.45) is 0 Å². The normalized spacial score (nSPS) is 10.5. The minimum atomic E-state index is -0.127. The minimum Gasteiger partial charge on any atom is -0.352 e. The molecule has 0 saturated heterocycles. The summed E-state index contributed by atoms with van der Waals surface area (Å²) < 4.78 is 0. The molecule has 0 spiro atoms. The first kappa shape index (κ1) is 21.8. The van der Waals surface area contributed by atoms with E-state index >= 15 is 0 Å². The van der Waals surface area contributed by atoms with Gasteiger partial charge in [0.1, 0.15) is 0 Å². The minimum absolute atomic E-state index is 0.127. The fourth-order valence-corrected chi connectivity index (χ4v) is 2.93. The summed E-state index contributed by atoms with van der Waals surface area (Å²) in [5.41, 5.74) is 1.72. The molecule has 0 heterocycles. The first-order valence-electron chi connectivity index (χ1n) is 8.26. The number of hydrogen-bond acceptors (Lipinski definition) is 2. The molecule has 0 bridgehead atoms. The summed E-state index contributed by atoms with van der Waals surface area (Å²) in [6.07, 6.45) is 0.990. The van der Waals surface area contributed by atoms with E-state index in [2.05, 4.69) is 10.6 Å². The van der Waals surface area contributed by atoms with Gasteiger partial charge in [-0.2, -0.15) is 0 Å². The van der Waals surface area contributed by atoms with Crippen LogP contribution in [-0.4, -0.2) is 11.8 Å². The van der Waals surface area contributed by atoms with Crippen LogP contribution in [0, 0.1) is 0 Å². The molecule has 0 radical (unpaired) electrons. The maximum absolute atomic E-state index is 11.9. The molecule has 0 atom stereocenters. The van der Waals surface area contributed by atoms with Crippen molar-refractivity contribution in [3.63, 3.8) is 0 Å². The lowest BCUT2D eigenvalue weighted by molar-refractivity contribution is -0.122. The predicted molar refractivity (Wildman–Crippen MR) is 110 cm³/mol. The number of benzene rings is 2. The van der Waals surface area contributed by atoms with E-state index in [1.807, 2.05) is 0 Å². The first-order valence-corrected chi connectivity index (χ1v) is 9.77. The van der Waals surface area contributed by atoms with Crippen molar-refractivity contribution >= 4 is 58.2 Å². The Bertz CT molecular complexity index is 760.